The topological polar surface area (TPSA) is 77.6 Å². The van der Waals surface area contributed by atoms with E-state index in [9.17, 15) is 9.59 Å². The monoisotopic (exact) mass is 399 g/mol. The molecule has 158 valence electrons. The second-order valence-electron chi connectivity index (χ2n) is 8.76. The van der Waals surface area contributed by atoms with Crippen molar-refractivity contribution in [2.24, 2.45) is 5.92 Å². The summed E-state index contributed by atoms with van der Waals surface area (Å²) in [5.41, 5.74) is 1.27. The van der Waals surface area contributed by atoms with Crippen LogP contribution in [0.3, 0.4) is 0 Å². The highest BCUT2D eigenvalue weighted by molar-refractivity contribution is 5.86. The first-order valence-electron chi connectivity index (χ1n) is 11.1. The summed E-state index contributed by atoms with van der Waals surface area (Å²) in [4.78, 5) is 33.6. The smallest absolute Gasteiger partial charge is 0.239 e. The number of rotatable bonds is 7. The van der Waals surface area contributed by atoms with Gasteiger partial charge in [-0.25, -0.2) is 0 Å². The van der Waals surface area contributed by atoms with E-state index in [1.807, 2.05) is 18.5 Å². The van der Waals surface area contributed by atoms with Crippen LogP contribution in [0, 0.1) is 5.92 Å². The van der Waals surface area contributed by atoms with Crippen molar-refractivity contribution < 1.29 is 9.59 Å². The molecule has 0 spiro atoms. The first-order valence-corrected chi connectivity index (χ1v) is 11.1. The van der Waals surface area contributed by atoms with Crippen LogP contribution >= 0.6 is 0 Å². The molecule has 3 aliphatic rings. The second-order valence-corrected chi connectivity index (χ2v) is 8.76. The number of hydrogen-bond acceptors (Lipinski definition) is 5. The van der Waals surface area contributed by atoms with E-state index in [1.165, 1.54) is 5.56 Å². The first kappa shape index (κ1) is 20.3. The molecule has 3 heterocycles. The third-order valence-electron chi connectivity index (χ3n) is 6.39. The van der Waals surface area contributed by atoms with Crippen molar-refractivity contribution in [1.82, 2.24) is 25.4 Å². The Kier molecular flexibility index (Phi) is 6.77. The van der Waals surface area contributed by atoms with E-state index in [0.29, 0.717) is 12.1 Å². The number of pyridine rings is 1. The number of amides is 2. The van der Waals surface area contributed by atoms with Gasteiger partial charge in [-0.05, 0) is 69.8 Å². The molecule has 1 aromatic rings. The quantitative estimate of drug-likeness (QED) is 0.719. The number of aromatic nitrogens is 1. The lowest BCUT2D eigenvalue weighted by atomic mass is 9.93. The van der Waals surface area contributed by atoms with Gasteiger partial charge in [0.15, 0.2) is 0 Å². The fourth-order valence-electron chi connectivity index (χ4n) is 4.56. The van der Waals surface area contributed by atoms with Crippen LogP contribution in [0.2, 0.25) is 0 Å². The van der Waals surface area contributed by atoms with Crippen LogP contribution < -0.4 is 10.6 Å². The molecular formula is C22H33N5O2. The van der Waals surface area contributed by atoms with Gasteiger partial charge >= 0.3 is 0 Å². The molecule has 4 rings (SSSR count). The second kappa shape index (κ2) is 9.67. The summed E-state index contributed by atoms with van der Waals surface area (Å²) >= 11 is 0. The van der Waals surface area contributed by atoms with Crippen molar-refractivity contribution in [2.75, 3.05) is 32.7 Å². The average molecular weight is 400 g/mol. The van der Waals surface area contributed by atoms with Gasteiger partial charge < -0.3 is 10.6 Å². The van der Waals surface area contributed by atoms with Gasteiger partial charge in [-0.3, -0.25) is 24.4 Å². The Labute approximate surface area is 173 Å². The van der Waals surface area contributed by atoms with Gasteiger partial charge in [0, 0.05) is 37.6 Å². The molecule has 0 radical (unpaired) electrons. The molecule has 7 heteroatoms. The van der Waals surface area contributed by atoms with Crippen LogP contribution in [0.4, 0.5) is 0 Å². The van der Waals surface area contributed by atoms with Crippen LogP contribution in [0.5, 0.6) is 0 Å². The summed E-state index contributed by atoms with van der Waals surface area (Å²) in [5, 5.41) is 5.77. The van der Waals surface area contributed by atoms with E-state index in [2.05, 4.69) is 31.5 Å². The van der Waals surface area contributed by atoms with Crippen LogP contribution in [0.15, 0.2) is 24.5 Å². The van der Waals surface area contributed by atoms with Crippen LogP contribution in [-0.2, 0) is 16.1 Å². The molecule has 1 aliphatic carbocycles. The number of likely N-dealkylation sites (tertiary alicyclic amines) is 2. The molecule has 2 amide bonds. The third kappa shape index (κ3) is 6.00. The maximum Gasteiger partial charge on any atom is 0.239 e. The lowest BCUT2D eigenvalue weighted by Gasteiger charge is -2.42. The summed E-state index contributed by atoms with van der Waals surface area (Å²) in [7, 11) is 0. The van der Waals surface area contributed by atoms with E-state index >= 15 is 0 Å². The Morgan fingerprint density at radius 2 is 1.93 bits per heavy atom. The SMILES string of the molecule is O=C(CNC(=O)[C@H]1CCCN(C2CCN(Cc3cccnc3)CC2)C1)NC1CC1. The van der Waals surface area contributed by atoms with Gasteiger partial charge in [0.25, 0.3) is 0 Å². The molecule has 7 nitrogen and oxygen atoms in total. The molecule has 0 bridgehead atoms. The highest BCUT2D eigenvalue weighted by atomic mass is 16.2. The zero-order valence-electron chi connectivity index (χ0n) is 17.2. The van der Waals surface area contributed by atoms with Crippen LogP contribution in [0.1, 0.15) is 44.1 Å². The summed E-state index contributed by atoms with van der Waals surface area (Å²) in [6, 6.07) is 5.04. The molecule has 0 unspecified atom stereocenters. The van der Waals surface area contributed by atoms with Gasteiger partial charge in [-0.2, -0.15) is 0 Å². The van der Waals surface area contributed by atoms with Crippen molar-refractivity contribution in [3.05, 3.63) is 30.1 Å². The van der Waals surface area contributed by atoms with Gasteiger partial charge in [0.2, 0.25) is 11.8 Å². The summed E-state index contributed by atoms with van der Waals surface area (Å²) in [6.45, 7) is 5.16. The predicted octanol–water partition coefficient (Wildman–Crippen LogP) is 1.15. The van der Waals surface area contributed by atoms with E-state index in [0.717, 1.165) is 71.2 Å². The zero-order valence-corrected chi connectivity index (χ0v) is 17.2. The average Bonchev–Trinajstić information content (AvgIpc) is 3.57. The van der Waals surface area contributed by atoms with Crippen LogP contribution in [-0.4, -0.2) is 71.4 Å². The number of nitrogens with zero attached hydrogens (tertiary/aromatic N) is 3. The summed E-state index contributed by atoms with van der Waals surface area (Å²) < 4.78 is 0. The van der Waals surface area contributed by atoms with Crippen molar-refractivity contribution in [3.63, 3.8) is 0 Å². The number of carbonyl (C=O) groups is 2. The lowest BCUT2D eigenvalue weighted by Crippen LogP contribution is -2.51. The normalized spacial score (nSPS) is 24.2. The fourth-order valence-corrected chi connectivity index (χ4v) is 4.56. The molecule has 2 saturated heterocycles. The maximum atomic E-state index is 12.6. The van der Waals surface area contributed by atoms with Crippen molar-refractivity contribution >= 4 is 11.8 Å². The molecule has 1 atom stereocenters. The molecule has 3 fully saturated rings. The minimum Gasteiger partial charge on any atom is -0.352 e. The molecule has 1 aromatic heterocycles. The Balaban J connectivity index is 1.19. The van der Waals surface area contributed by atoms with Crippen LogP contribution in [0.25, 0.3) is 0 Å². The molecule has 2 aliphatic heterocycles. The largest absolute Gasteiger partial charge is 0.352 e. The van der Waals surface area contributed by atoms with Gasteiger partial charge in [0.05, 0.1) is 12.5 Å². The maximum absolute atomic E-state index is 12.6. The Hall–Kier alpha value is -1.99. The predicted molar refractivity (Wildman–Crippen MR) is 111 cm³/mol. The third-order valence-corrected chi connectivity index (χ3v) is 6.39. The van der Waals surface area contributed by atoms with E-state index in [1.54, 1.807) is 0 Å². The first-order chi connectivity index (χ1) is 14.2. The van der Waals surface area contributed by atoms with E-state index in [4.69, 9.17) is 0 Å². The molecule has 1 saturated carbocycles. The Bertz CT molecular complexity index is 686. The van der Waals surface area contributed by atoms with Gasteiger partial charge in [-0.1, -0.05) is 6.07 Å². The summed E-state index contributed by atoms with van der Waals surface area (Å²) in [5.74, 6) is -0.0185. The van der Waals surface area contributed by atoms with Gasteiger partial charge in [-0.15, -0.1) is 0 Å². The standard InChI is InChI=1S/C22H33N5O2/c28-21(25-19-5-6-19)14-24-22(29)18-4-2-10-27(16-18)20-7-11-26(12-8-20)15-17-3-1-9-23-13-17/h1,3,9,13,18-20H,2,4-8,10-12,14-16H2,(H,24,29)(H,25,28)/t18-/m0/s1. The highest BCUT2D eigenvalue weighted by Gasteiger charge is 2.32. The van der Waals surface area contributed by atoms with Gasteiger partial charge in [0.1, 0.15) is 0 Å². The Morgan fingerprint density at radius 3 is 2.66 bits per heavy atom. The van der Waals surface area contributed by atoms with Crippen molar-refractivity contribution in [1.29, 1.82) is 0 Å². The zero-order chi connectivity index (χ0) is 20.1. The molecular weight excluding hydrogens is 366 g/mol. The number of carbonyl (C=O) groups excluding carboxylic acids is 2. The lowest BCUT2D eigenvalue weighted by molar-refractivity contribution is -0.130. The number of hydrogen-bond donors (Lipinski definition) is 2. The summed E-state index contributed by atoms with van der Waals surface area (Å²) in [6.07, 6.45) is 10.2. The highest BCUT2D eigenvalue weighted by Crippen LogP contribution is 2.24. The van der Waals surface area contributed by atoms with E-state index < -0.39 is 0 Å². The minimum absolute atomic E-state index is 0.00546. The Morgan fingerprint density at radius 1 is 1.10 bits per heavy atom. The molecule has 0 aromatic carbocycles. The molecule has 2 N–H and O–H groups in total. The van der Waals surface area contributed by atoms with Crippen molar-refractivity contribution in [2.45, 2.75) is 57.2 Å². The molecule has 29 heavy (non-hydrogen) atoms. The van der Waals surface area contributed by atoms with Crippen molar-refractivity contribution in [3.8, 4) is 0 Å². The number of piperidine rings is 2. The minimum atomic E-state index is -0.0606. The van der Waals surface area contributed by atoms with E-state index in [-0.39, 0.29) is 24.3 Å². The number of nitrogens with one attached hydrogen (secondary N) is 2. The fraction of sp³-hybridized carbons (Fsp3) is 0.682.